The van der Waals surface area contributed by atoms with Crippen LogP contribution in [0.4, 0.5) is 4.79 Å². The summed E-state index contributed by atoms with van der Waals surface area (Å²) < 4.78 is 0. The highest BCUT2D eigenvalue weighted by atomic mass is 16.3. The Morgan fingerprint density at radius 3 is 2.52 bits per heavy atom. The van der Waals surface area contributed by atoms with E-state index in [9.17, 15) is 9.90 Å². The highest BCUT2D eigenvalue weighted by Crippen LogP contribution is 2.19. The van der Waals surface area contributed by atoms with Crippen LogP contribution in [0.1, 0.15) is 30.7 Å². The summed E-state index contributed by atoms with van der Waals surface area (Å²) in [5.41, 5.74) is 1.27. The van der Waals surface area contributed by atoms with E-state index in [1.54, 1.807) is 19.0 Å². The van der Waals surface area contributed by atoms with Crippen molar-refractivity contribution in [3.63, 3.8) is 0 Å². The molecular weight excluding hydrogens is 290 g/mol. The first kappa shape index (κ1) is 17.8. The summed E-state index contributed by atoms with van der Waals surface area (Å²) >= 11 is 0. The molecule has 1 aromatic carbocycles. The molecule has 1 aliphatic heterocycles. The van der Waals surface area contributed by atoms with Crippen molar-refractivity contribution in [2.24, 2.45) is 0 Å². The van der Waals surface area contributed by atoms with E-state index in [0.717, 1.165) is 38.9 Å². The molecule has 0 bridgehead atoms. The fourth-order valence-electron chi connectivity index (χ4n) is 3.13. The van der Waals surface area contributed by atoms with E-state index in [-0.39, 0.29) is 12.6 Å². The zero-order valence-corrected chi connectivity index (χ0v) is 14.2. The Morgan fingerprint density at radius 2 is 1.96 bits per heavy atom. The molecule has 1 aliphatic rings. The molecule has 1 atom stereocenters. The number of benzene rings is 1. The number of aliphatic hydroxyl groups excluding tert-OH is 1. The van der Waals surface area contributed by atoms with Crippen molar-refractivity contribution < 1.29 is 9.90 Å². The molecule has 128 valence electrons. The van der Waals surface area contributed by atoms with Gasteiger partial charge in [0, 0.05) is 46.4 Å². The van der Waals surface area contributed by atoms with Crippen LogP contribution in [0.5, 0.6) is 0 Å². The molecule has 1 saturated heterocycles. The van der Waals surface area contributed by atoms with Gasteiger partial charge in [-0.3, -0.25) is 0 Å². The number of rotatable bonds is 6. The summed E-state index contributed by atoms with van der Waals surface area (Å²) in [4.78, 5) is 15.5. The van der Waals surface area contributed by atoms with Crippen LogP contribution in [0, 0.1) is 0 Å². The molecule has 1 aromatic rings. The van der Waals surface area contributed by atoms with Gasteiger partial charge in [0.25, 0.3) is 0 Å². The molecule has 1 heterocycles. The third-order valence-corrected chi connectivity index (χ3v) is 4.55. The summed E-state index contributed by atoms with van der Waals surface area (Å²) in [7, 11) is 3.60. The second-order valence-corrected chi connectivity index (χ2v) is 6.47. The molecule has 1 fully saturated rings. The lowest BCUT2D eigenvalue weighted by atomic mass is 9.95. The molecule has 0 aliphatic carbocycles. The van der Waals surface area contributed by atoms with E-state index in [1.807, 2.05) is 23.1 Å². The van der Waals surface area contributed by atoms with E-state index < -0.39 is 0 Å². The number of hydrogen-bond donors (Lipinski definition) is 2. The zero-order chi connectivity index (χ0) is 16.7. The van der Waals surface area contributed by atoms with Crippen molar-refractivity contribution >= 4 is 6.03 Å². The van der Waals surface area contributed by atoms with Gasteiger partial charge in [-0.1, -0.05) is 30.3 Å². The van der Waals surface area contributed by atoms with E-state index >= 15 is 0 Å². The smallest absolute Gasteiger partial charge is 0.319 e. The van der Waals surface area contributed by atoms with Crippen LogP contribution in [0.25, 0.3) is 0 Å². The lowest BCUT2D eigenvalue weighted by Gasteiger charge is -2.34. The Balaban J connectivity index is 1.80. The van der Waals surface area contributed by atoms with E-state index in [4.69, 9.17) is 0 Å². The third-order valence-electron chi connectivity index (χ3n) is 4.55. The monoisotopic (exact) mass is 319 g/mol. The number of urea groups is 1. The number of amides is 2. The van der Waals surface area contributed by atoms with E-state index in [2.05, 4.69) is 17.4 Å². The lowest BCUT2D eigenvalue weighted by Crippen LogP contribution is -2.48. The average Bonchev–Trinajstić information content (AvgIpc) is 2.59. The number of piperidine rings is 1. The maximum Gasteiger partial charge on any atom is 0.319 e. The second kappa shape index (κ2) is 8.89. The molecule has 2 N–H and O–H groups in total. The summed E-state index contributed by atoms with van der Waals surface area (Å²) in [6.45, 7) is 2.70. The van der Waals surface area contributed by atoms with Gasteiger partial charge in [-0.25, -0.2) is 4.79 Å². The molecule has 0 radical (unpaired) electrons. The minimum absolute atomic E-state index is 0.103. The van der Waals surface area contributed by atoms with E-state index in [0.29, 0.717) is 12.0 Å². The van der Waals surface area contributed by atoms with Crippen molar-refractivity contribution in [2.45, 2.75) is 31.2 Å². The van der Waals surface area contributed by atoms with Crippen molar-refractivity contribution in [2.75, 3.05) is 40.3 Å². The van der Waals surface area contributed by atoms with Crippen LogP contribution in [-0.2, 0) is 0 Å². The molecular formula is C18H29N3O2. The summed E-state index contributed by atoms with van der Waals surface area (Å²) in [6.07, 6.45) is 2.75. The van der Waals surface area contributed by atoms with Crippen molar-refractivity contribution in [3.8, 4) is 0 Å². The van der Waals surface area contributed by atoms with Crippen molar-refractivity contribution in [1.29, 1.82) is 0 Å². The van der Waals surface area contributed by atoms with Crippen LogP contribution < -0.4 is 5.32 Å². The largest absolute Gasteiger partial charge is 0.396 e. The number of nitrogens with zero attached hydrogens (tertiary/aromatic N) is 2. The highest BCUT2D eigenvalue weighted by Gasteiger charge is 2.24. The van der Waals surface area contributed by atoms with Gasteiger partial charge in [0.15, 0.2) is 0 Å². The van der Waals surface area contributed by atoms with Gasteiger partial charge in [-0.15, -0.1) is 0 Å². The standard InChI is InChI=1S/C18H29N3O2/c1-20(2)18(23)21-11-8-17(9-12-21)19-14-16(10-13-22)15-6-4-3-5-7-15/h3-7,16-17,19,22H,8-14H2,1-2H3. The maximum absolute atomic E-state index is 11.9. The van der Waals surface area contributed by atoms with Gasteiger partial charge in [0.05, 0.1) is 0 Å². The minimum Gasteiger partial charge on any atom is -0.396 e. The van der Waals surface area contributed by atoms with Crippen molar-refractivity contribution in [3.05, 3.63) is 35.9 Å². The number of carbonyl (C=O) groups is 1. The third kappa shape index (κ3) is 5.22. The lowest BCUT2D eigenvalue weighted by molar-refractivity contribution is 0.152. The van der Waals surface area contributed by atoms with Gasteiger partial charge in [-0.05, 0) is 30.7 Å². The number of likely N-dealkylation sites (tertiary alicyclic amines) is 1. The van der Waals surface area contributed by atoms with Gasteiger partial charge in [0.1, 0.15) is 0 Å². The molecule has 0 spiro atoms. The topological polar surface area (TPSA) is 55.8 Å². The van der Waals surface area contributed by atoms with Crippen LogP contribution in [0.3, 0.4) is 0 Å². The Hall–Kier alpha value is -1.59. The number of nitrogens with one attached hydrogen (secondary N) is 1. The quantitative estimate of drug-likeness (QED) is 0.842. The molecule has 2 amide bonds. The number of aliphatic hydroxyl groups is 1. The van der Waals surface area contributed by atoms with Gasteiger partial charge in [0.2, 0.25) is 0 Å². The van der Waals surface area contributed by atoms with Crippen LogP contribution in [0.2, 0.25) is 0 Å². The maximum atomic E-state index is 11.9. The van der Waals surface area contributed by atoms with Gasteiger partial charge < -0.3 is 20.2 Å². The average molecular weight is 319 g/mol. The SMILES string of the molecule is CN(C)C(=O)N1CCC(NCC(CCO)c2ccccc2)CC1. The summed E-state index contributed by atoms with van der Waals surface area (Å²) in [5, 5.41) is 12.9. The minimum atomic E-state index is 0.103. The molecule has 23 heavy (non-hydrogen) atoms. The van der Waals surface area contributed by atoms with Gasteiger partial charge in [-0.2, -0.15) is 0 Å². The fourth-order valence-corrected chi connectivity index (χ4v) is 3.13. The first-order chi connectivity index (χ1) is 11.1. The Bertz CT molecular complexity index is 470. The molecule has 1 unspecified atom stereocenters. The predicted octanol–water partition coefficient (Wildman–Crippen LogP) is 1.89. The normalized spacial score (nSPS) is 17.1. The van der Waals surface area contributed by atoms with E-state index in [1.165, 1.54) is 5.56 Å². The molecule has 2 rings (SSSR count). The molecule has 0 saturated carbocycles. The first-order valence-corrected chi connectivity index (χ1v) is 8.47. The summed E-state index contributed by atoms with van der Waals surface area (Å²) in [6, 6.07) is 10.9. The molecule has 5 heteroatoms. The summed E-state index contributed by atoms with van der Waals surface area (Å²) in [5.74, 6) is 0.336. The Kier molecular flexibility index (Phi) is 6.86. The predicted molar refractivity (Wildman–Crippen MR) is 92.6 cm³/mol. The first-order valence-electron chi connectivity index (χ1n) is 8.47. The Morgan fingerprint density at radius 1 is 1.30 bits per heavy atom. The Labute approximate surface area is 139 Å². The van der Waals surface area contributed by atoms with Crippen LogP contribution in [0.15, 0.2) is 30.3 Å². The number of hydrogen-bond acceptors (Lipinski definition) is 3. The highest BCUT2D eigenvalue weighted by molar-refractivity contribution is 5.73. The van der Waals surface area contributed by atoms with Crippen LogP contribution >= 0.6 is 0 Å². The van der Waals surface area contributed by atoms with Gasteiger partial charge >= 0.3 is 6.03 Å². The number of carbonyl (C=O) groups excluding carboxylic acids is 1. The zero-order valence-electron chi connectivity index (χ0n) is 14.2. The van der Waals surface area contributed by atoms with Crippen LogP contribution in [-0.4, -0.2) is 67.3 Å². The van der Waals surface area contributed by atoms with Crippen molar-refractivity contribution in [1.82, 2.24) is 15.1 Å². The fraction of sp³-hybridized carbons (Fsp3) is 0.611. The molecule has 0 aromatic heterocycles. The molecule has 5 nitrogen and oxygen atoms in total. The second-order valence-electron chi connectivity index (χ2n) is 6.47.